The highest BCUT2D eigenvalue weighted by molar-refractivity contribution is 6.02. The van der Waals surface area contributed by atoms with Crippen molar-refractivity contribution in [2.45, 2.75) is 6.30 Å². The molecule has 1 heterocycles. The molecule has 4 aromatic rings. The van der Waals surface area contributed by atoms with Gasteiger partial charge in [0.25, 0.3) is 0 Å². The maximum absolute atomic E-state index is 12.8. The lowest BCUT2D eigenvalue weighted by Gasteiger charge is -2.24. The van der Waals surface area contributed by atoms with E-state index in [9.17, 15) is 18.0 Å². The van der Waals surface area contributed by atoms with E-state index in [0.717, 1.165) is 21.3 Å². The van der Waals surface area contributed by atoms with Crippen LogP contribution in [0.5, 0.6) is 0 Å². The molecule has 0 saturated carbocycles. The number of urea groups is 1. The maximum Gasteiger partial charge on any atom is 0.485 e. The van der Waals surface area contributed by atoms with Crippen LogP contribution in [-0.4, -0.2) is 17.5 Å². The summed E-state index contributed by atoms with van der Waals surface area (Å²) in [4.78, 5) is 13.3. The Morgan fingerprint density at radius 2 is 1.60 bits per heavy atom. The van der Waals surface area contributed by atoms with Crippen LogP contribution in [-0.2, 0) is 0 Å². The molecular formula is C21H15F3N4O2. The Kier molecular flexibility index (Phi) is 4.78. The topological polar surface area (TPSA) is 84.4 Å². The van der Waals surface area contributed by atoms with Crippen LogP contribution in [0.1, 0.15) is 0 Å². The first kappa shape index (κ1) is 19.3. The Balaban J connectivity index is 1.74. The largest absolute Gasteiger partial charge is 0.485 e. The van der Waals surface area contributed by atoms with Crippen LogP contribution in [0.25, 0.3) is 22.1 Å². The van der Waals surface area contributed by atoms with E-state index in [-0.39, 0.29) is 17.2 Å². The van der Waals surface area contributed by atoms with Crippen LogP contribution in [0.3, 0.4) is 0 Å². The Morgan fingerprint density at radius 1 is 0.933 bits per heavy atom. The molecule has 4 rings (SSSR count). The van der Waals surface area contributed by atoms with E-state index in [1.165, 1.54) is 0 Å². The SMILES string of the molecule is Nc1noc2cccc(-c3ccc(N(C(=O)NC(F)(F)F)c4ccccc4)cc3)c12. The van der Waals surface area contributed by atoms with Gasteiger partial charge in [-0.25, -0.2) is 10.1 Å². The van der Waals surface area contributed by atoms with E-state index in [2.05, 4.69) is 5.16 Å². The number of nitrogens with one attached hydrogen (secondary N) is 1. The van der Waals surface area contributed by atoms with Gasteiger partial charge >= 0.3 is 12.3 Å². The molecule has 0 unspecified atom stereocenters. The number of carbonyl (C=O) groups excluding carboxylic acids is 1. The van der Waals surface area contributed by atoms with E-state index in [1.54, 1.807) is 66.7 Å². The number of nitrogens with zero attached hydrogens (tertiary/aromatic N) is 2. The summed E-state index contributed by atoms with van der Waals surface area (Å²) in [6, 6.07) is 18.6. The maximum atomic E-state index is 12.8. The summed E-state index contributed by atoms with van der Waals surface area (Å²) in [5.41, 5.74) is 8.46. The van der Waals surface area contributed by atoms with Gasteiger partial charge in [0.15, 0.2) is 11.4 Å². The van der Waals surface area contributed by atoms with E-state index in [0.29, 0.717) is 11.0 Å². The Morgan fingerprint density at radius 3 is 2.27 bits per heavy atom. The van der Waals surface area contributed by atoms with Gasteiger partial charge in [0.05, 0.1) is 16.8 Å². The molecule has 1 aromatic heterocycles. The monoisotopic (exact) mass is 412 g/mol. The average molecular weight is 412 g/mol. The molecule has 9 heteroatoms. The van der Waals surface area contributed by atoms with Crippen LogP contribution in [0, 0.1) is 0 Å². The minimum atomic E-state index is -4.86. The summed E-state index contributed by atoms with van der Waals surface area (Å²) in [7, 11) is 0. The van der Waals surface area contributed by atoms with Gasteiger partial charge in [-0.1, -0.05) is 47.6 Å². The fourth-order valence-electron chi connectivity index (χ4n) is 3.18. The quantitative estimate of drug-likeness (QED) is 0.439. The number of rotatable bonds is 3. The predicted molar refractivity (Wildman–Crippen MR) is 107 cm³/mol. The van der Waals surface area contributed by atoms with Gasteiger partial charge in [-0.2, -0.15) is 13.2 Å². The lowest BCUT2D eigenvalue weighted by atomic mass is 10.0. The van der Waals surface area contributed by atoms with Crippen molar-refractivity contribution in [3.63, 3.8) is 0 Å². The second-order valence-electron chi connectivity index (χ2n) is 6.39. The standard InChI is InChI=1S/C21H15F3N4O2/c22-21(23,24)26-20(29)28(14-5-2-1-3-6-14)15-11-9-13(10-12-15)16-7-4-8-17-18(16)19(25)27-30-17/h1-12H,(H2,25,27)(H,26,29). The molecule has 2 amide bonds. The van der Waals surface area contributed by atoms with E-state index in [1.807, 2.05) is 6.07 Å². The van der Waals surface area contributed by atoms with Crippen molar-refractivity contribution in [1.29, 1.82) is 0 Å². The van der Waals surface area contributed by atoms with Gasteiger partial charge in [-0.05, 0) is 41.5 Å². The van der Waals surface area contributed by atoms with Crippen LogP contribution >= 0.6 is 0 Å². The molecule has 0 aliphatic heterocycles. The highest BCUT2D eigenvalue weighted by atomic mass is 19.4. The molecule has 0 aliphatic carbocycles. The molecule has 6 nitrogen and oxygen atoms in total. The first-order valence-corrected chi connectivity index (χ1v) is 8.82. The Hall–Kier alpha value is -4.01. The fourth-order valence-corrected chi connectivity index (χ4v) is 3.18. The average Bonchev–Trinajstić information content (AvgIpc) is 3.09. The van der Waals surface area contributed by atoms with Crippen LogP contribution in [0.4, 0.5) is 35.2 Å². The third kappa shape index (κ3) is 3.77. The number of anilines is 3. The number of hydrogen-bond acceptors (Lipinski definition) is 4. The number of nitrogens with two attached hydrogens (primary N) is 1. The first-order chi connectivity index (χ1) is 14.3. The zero-order valence-corrected chi connectivity index (χ0v) is 15.4. The zero-order chi connectivity index (χ0) is 21.3. The van der Waals surface area contributed by atoms with Crippen molar-refractivity contribution in [3.05, 3.63) is 72.8 Å². The molecule has 0 saturated heterocycles. The summed E-state index contributed by atoms with van der Waals surface area (Å²) in [6.45, 7) is 0. The van der Waals surface area contributed by atoms with Crippen molar-refractivity contribution in [1.82, 2.24) is 10.5 Å². The van der Waals surface area contributed by atoms with E-state index < -0.39 is 12.3 Å². The smallest absolute Gasteiger partial charge is 0.380 e. The van der Waals surface area contributed by atoms with Crippen molar-refractivity contribution < 1.29 is 22.5 Å². The summed E-state index contributed by atoms with van der Waals surface area (Å²) >= 11 is 0. The van der Waals surface area contributed by atoms with Crippen LogP contribution < -0.4 is 16.0 Å². The summed E-state index contributed by atoms with van der Waals surface area (Å²) in [6.07, 6.45) is -4.86. The Bertz CT molecular complexity index is 1190. The number of para-hydroxylation sites is 1. The number of aromatic nitrogens is 1. The minimum absolute atomic E-state index is 0.236. The van der Waals surface area contributed by atoms with Crippen LogP contribution in [0.15, 0.2) is 77.3 Å². The van der Waals surface area contributed by atoms with Crippen molar-refractivity contribution in [2.24, 2.45) is 0 Å². The molecule has 0 atom stereocenters. The zero-order valence-electron chi connectivity index (χ0n) is 15.4. The molecular weight excluding hydrogens is 397 g/mol. The van der Waals surface area contributed by atoms with E-state index in [4.69, 9.17) is 10.3 Å². The lowest BCUT2D eigenvalue weighted by Crippen LogP contribution is -2.44. The number of hydrogen-bond donors (Lipinski definition) is 2. The first-order valence-electron chi connectivity index (χ1n) is 8.82. The van der Waals surface area contributed by atoms with Gasteiger partial charge in [0, 0.05) is 0 Å². The number of nitrogen functional groups attached to an aromatic ring is 1. The van der Waals surface area contributed by atoms with Crippen molar-refractivity contribution >= 4 is 34.2 Å². The highest BCUT2D eigenvalue weighted by Crippen LogP contribution is 2.34. The van der Waals surface area contributed by atoms with Crippen molar-refractivity contribution in [2.75, 3.05) is 10.6 Å². The molecule has 0 aliphatic rings. The number of amides is 2. The van der Waals surface area contributed by atoms with Gasteiger partial charge in [-0.3, -0.25) is 4.90 Å². The van der Waals surface area contributed by atoms with E-state index >= 15 is 0 Å². The highest BCUT2D eigenvalue weighted by Gasteiger charge is 2.33. The molecule has 30 heavy (non-hydrogen) atoms. The molecule has 0 bridgehead atoms. The third-order valence-corrected chi connectivity index (χ3v) is 4.43. The number of halogens is 3. The summed E-state index contributed by atoms with van der Waals surface area (Å²) < 4.78 is 43.4. The number of carbonyl (C=O) groups is 1. The number of fused-ring (bicyclic) bond motifs is 1. The normalized spacial score (nSPS) is 11.4. The third-order valence-electron chi connectivity index (χ3n) is 4.43. The lowest BCUT2D eigenvalue weighted by molar-refractivity contribution is -0.144. The van der Waals surface area contributed by atoms with Gasteiger partial charge < -0.3 is 10.3 Å². The minimum Gasteiger partial charge on any atom is -0.380 e. The molecule has 0 spiro atoms. The van der Waals surface area contributed by atoms with Crippen LogP contribution in [0.2, 0.25) is 0 Å². The molecule has 3 N–H and O–H groups in total. The summed E-state index contributed by atoms with van der Waals surface area (Å²) in [5, 5.41) is 5.44. The summed E-state index contributed by atoms with van der Waals surface area (Å²) in [5.74, 6) is 0.236. The predicted octanol–water partition coefficient (Wildman–Crippen LogP) is 5.44. The van der Waals surface area contributed by atoms with Gasteiger partial charge in [0.1, 0.15) is 0 Å². The molecule has 3 aromatic carbocycles. The Labute approximate surface area is 168 Å². The van der Waals surface area contributed by atoms with Gasteiger partial charge in [0.2, 0.25) is 0 Å². The molecule has 152 valence electrons. The number of alkyl halides is 3. The number of benzene rings is 3. The van der Waals surface area contributed by atoms with Gasteiger partial charge in [-0.15, -0.1) is 0 Å². The van der Waals surface area contributed by atoms with Crippen molar-refractivity contribution in [3.8, 4) is 11.1 Å². The second-order valence-corrected chi connectivity index (χ2v) is 6.39. The molecule has 0 fully saturated rings. The fraction of sp³-hybridized carbons (Fsp3) is 0.0476. The molecule has 0 radical (unpaired) electrons. The second kappa shape index (κ2) is 7.43.